The van der Waals surface area contributed by atoms with Gasteiger partial charge in [-0.15, -0.1) is 0 Å². The predicted molar refractivity (Wildman–Crippen MR) is 115 cm³/mol. The van der Waals surface area contributed by atoms with Crippen LogP contribution in [0.3, 0.4) is 0 Å². The molecule has 31 heavy (non-hydrogen) atoms. The van der Waals surface area contributed by atoms with Crippen molar-refractivity contribution >= 4 is 23.1 Å². The van der Waals surface area contributed by atoms with Crippen LogP contribution in [0.25, 0.3) is 5.76 Å². The summed E-state index contributed by atoms with van der Waals surface area (Å²) in [7, 11) is 1.54. The maximum atomic E-state index is 13.7. The van der Waals surface area contributed by atoms with Crippen molar-refractivity contribution in [3.05, 3.63) is 101 Å². The van der Waals surface area contributed by atoms with Crippen molar-refractivity contribution in [3.8, 4) is 5.75 Å². The van der Waals surface area contributed by atoms with Gasteiger partial charge in [-0.1, -0.05) is 30.3 Å². The SMILES string of the molecule is COc1ccc(N2C(=O)C(=O)/C(=C(\O)c3ccc(F)c(C)c3)C2c2ccccc2)cc1. The Morgan fingerprint density at radius 3 is 2.29 bits per heavy atom. The van der Waals surface area contributed by atoms with Crippen molar-refractivity contribution in [1.29, 1.82) is 0 Å². The van der Waals surface area contributed by atoms with Gasteiger partial charge in [0.1, 0.15) is 17.3 Å². The second-order valence-electron chi connectivity index (χ2n) is 7.24. The summed E-state index contributed by atoms with van der Waals surface area (Å²) in [6.07, 6.45) is 0. The number of aliphatic hydroxyl groups is 1. The van der Waals surface area contributed by atoms with E-state index in [0.717, 1.165) is 0 Å². The van der Waals surface area contributed by atoms with Crippen LogP contribution in [0.1, 0.15) is 22.7 Å². The Morgan fingerprint density at radius 1 is 1.00 bits per heavy atom. The number of nitrogens with zero attached hydrogens (tertiary/aromatic N) is 1. The van der Waals surface area contributed by atoms with Gasteiger partial charge in [-0.3, -0.25) is 14.5 Å². The molecule has 3 aromatic carbocycles. The number of benzene rings is 3. The van der Waals surface area contributed by atoms with Crippen molar-refractivity contribution < 1.29 is 23.8 Å². The van der Waals surface area contributed by atoms with Gasteiger partial charge in [-0.05, 0) is 60.5 Å². The molecule has 1 aliphatic rings. The fourth-order valence-corrected chi connectivity index (χ4v) is 3.74. The molecule has 1 fully saturated rings. The zero-order chi connectivity index (χ0) is 22.1. The van der Waals surface area contributed by atoms with Crippen LogP contribution in [0.15, 0.2) is 78.4 Å². The summed E-state index contributed by atoms with van der Waals surface area (Å²) in [5.74, 6) is -1.71. The molecular formula is C25H20FNO4. The minimum atomic E-state index is -0.833. The van der Waals surface area contributed by atoms with E-state index in [9.17, 15) is 19.1 Å². The van der Waals surface area contributed by atoms with Crippen LogP contribution in [0.2, 0.25) is 0 Å². The third kappa shape index (κ3) is 3.57. The van der Waals surface area contributed by atoms with Gasteiger partial charge in [-0.25, -0.2) is 4.39 Å². The lowest BCUT2D eigenvalue weighted by molar-refractivity contribution is -0.132. The van der Waals surface area contributed by atoms with Crippen LogP contribution in [0, 0.1) is 12.7 Å². The molecule has 1 aliphatic heterocycles. The largest absolute Gasteiger partial charge is 0.507 e. The monoisotopic (exact) mass is 417 g/mol. The van der Waals surface area contributed by atoms with E-state index in [1.165, 1.54) is 30.2 Å². The second kappa shape index (κ2) is 8.07. The van der Waals surface area contributed by atoms with Crippen LogP contribution in [0.5, 0.6) is 5.75 Å². The highest BCUT2D eigenvalue weighted by molar-refractivity contribution is 6.51. The molecule has 5 nitrogen and oxygen atoms in total. The minimum absolute atomic E-state index is 0.0435. The molecule has 0 aliphatic carbocycles. The number of halogens is 1. The first kappa shape index (κ1) is 20.3. The minimum Gasteiger partial charge on any atom is -0.507 e. The summed E-state index contributed by atoms with van der Waals surface area (Å²) in [5, 5.41) is 11.0. The maximum absolute atomic E-state index is 13.7. The molecule has 0 radical (unpaired) electrons. The van der Waals surface area contributed by atoms with E-state index in [0.29, 0.717) is 22.6 Å². The third-order valence-electron chi connectivity index (χ3n) is 5.34. The molecule has 0 aromatic heterocycles. The van der Waals surface area contributed by atoms with E-state index < -0.39 is 23.5 Å². The van der Waals surface area contributed by atoms with Crippen molar-refractivity contribution in [3.63, 3.8) is 0 Å². The molecule has 0 saturated carbocycles. The first-order valence-electron chi connectivity index (χ1n) is 9.69. The summed E-state index contributed by atoms with van der Waals surface area (Å²) < 4.78 is 18.9. The Hall–Kier alpha value is -3.93. The van der Waals surface area contributed by atoms with Gasteiger partial charge in [-0.2, -0.15) is 0 Å². The number of carbonyl (C=O) groups is 2. The molecule has 3 aromatic rings. The molecule has 0 spiro atoms. The van der Waals surface area contributed by atoms with Crippen molar-refractivity contribution in [1.82, 2.24) is 0 Å². The Kier molecular flexibility index (Phi) is 5.29. The number of anilines is 1. The summed E-state index contributed by atoms with van der Waals surface area (Å²) in [6.45, 7) is 1.57. The van der Waals surface area contributed by atoms with E-state index >= 15 is 0 Å². The number of ether oxygens (including phenoxy) is 1. The number of Topliss-reactive ketones (excluding diaryl/α,β-unsaturated/α-hetero) is 1. The van der Waals surface area contributed by atoms with Gasteiger partial charge in [0.2, 0.25) is 0 Å². The molecule has 0 bridgehead atoms. The standard InChI is InChI=1S/C25H20FNO4/c1-15-14-17(8-13-20(15)26)23(28)21-22(16-6-4-3-5-7-16)27(25(30)24(21)29)18-9-11-19(31-2)12-10-18/h3-14,22,28H,1-2H3/b23-21-. The maximum Gasteiger partial charge on any atom is 0.300 e. The first-order chi connectivity index (χ1) is 14.9. The smallest absolute Gasteiger partial charge is 0.300 e. The van der Waals surface area contributed by atoms with Gasteiger partial charge < -0.3 is 9.84 Å². The fraction of sp³-hybridized carbons (Fsp3) is 0.120. The summed E-state index contributed by atoms with van der Waals surface area (Å²) >= 11 is 0. The summed E-state index contributed by atoms with van der Waals surface area (Å²) in [6, 6.07) is 19.0. The zero-order valence-electron chi connectivity index (χ0n) is 17.0. The molecule has 1 amide bonds. The number of hydrogen-bond acceptors (Lipinski definition) is 4. The Bertz CT molecular complexity index is 1190. The van der Waals surface area contributed by atoms with Crippen molar-refractivity contribution in [2.75, 3.05) is 12.0 Å². The Balaban J connectivity index is 1.92. The Labute approximate surface area is 179 Å². The predicted octanol–water partition coefficient (Wildman–Crippen LogP) is 4.77. The van der Waals surface area contributed by atoms with Crippen molar-refractivity contribution in [2.45, 2.75) is 13.0 Å². The lowest BCUT2D eigenvalue weighted by Gasteiger charge is -2.25. The topological polar surface area (TPSA) is 66.8 Å². The molecule has 1 saturated heterocycles. The number of amides is 1. The average Bonchev–Trinajstić information content (AvgIpc) is 3.06. The van der Waals surface area contributed by atoms with E-state index in [-0.39, 0.29) is 16.9 Å². The molecule has 1 heterocycles. The first-order valence-corrected chi connectivity index (χ1v) is 9.69. The van der Waals surface area contributed by atoms with E-state index in [2.05, 4.69) is 0 Å². The number of hydrogen-bond donors (Lipinski definition) is 1. The number of rotatable bonds is 4. The highest BCUT2D eigenvalue weighted by Crippen LogP contribution is 2.42. The highest BCUT2D eigenvalue weighted by Gasteiger charge is 2.46. The van der Waals surface area contributed by atoms with Gasteiger partial charge in [0.25, 0.3) is 11.7 Å². The van der Waals surface area contributed by atoms with Crippen molar-refractivity contribution in [2.24, 2.45) is 0 Å². The summed E-state index contributed by atoms with van der Waals surface area (Å²) in [5.41, 5.74) is 1.71. The van der Waals surface area contributed by atoms with Crippen LogP contribution in [0.4, 0.5) is 10.1 Å². The van der Waals surface area contributed by atoms with Gasteiger partial charge in [0, 0.05) is 11.3 Å². The van der Waals surface area contributed by atoms with Crippen LogP contribution >= 0.6 is 0 Å². The number of aryl methyl sites for hydroxylation is 1. The number of aliphatic hydroxyl groups excluding tert-OH is 1. The molecule has 1 atom stereocenters. The number of methoxy groups -OCH3 is 1. The van der Waals surface area contributed by atoms with E-state index in [4.69, 9.17) is 4.74 Å². The molecule has 1 N–H and O–H groups in total. The zero-order valence-corrected chi connectivity index (χ0v) is 17.0. The molecular weight excluding hydrogens is 397 g/mol. The molecule has 156 valence electrons. The normalized spacial score (nSPS) is 17.8. The lowest BCUT2D eigenvalue weighted by Crippen LogP contribution is -2.29. The lowest BCUT2D eigenvalue weighted by atomic mass is 9.94. The third-order valence-corrected chi connectivity index (χ3v) is 5.34. The second-order valence-corrected chi connectivity index (χ2v) is 7.24. The molecule has 1 unspecified atom stereocenters. The van der Waals surface area contributed by atoms with Gasteiger partial charge >= 0.3 is 0 Å². The summed E-state index contributed by atoms with van der Waals surface area (Å²) in [4.78, 5) is 27.5. The number of ketones is 1. The number of carbonyl (C=O) groups excluding carboxylic acids is 2. The molecule has 4 rings (SSSR count). The van der Waals surface area contributed by atoms with E-state index in [1.54, 1.807) is 55.5 Å². The van der Waals surface area contributed by atoms with Gasteiger partial charge in [0.15, 0.2) is 0 Å². The Morgan fingerprint density at radius 2 is 1.68 bits per heavy atom. The highest BCUT2D eigenvalue weighted by atomic mass is 19.1. The van der Waals surface area contributed by atoms with Crippen LogP contribution in [-0.2, 0) is 9.59 Å². The quantitative estimate of drug-likeness (QED) is 0.377. The molecule has 6 heteroatoms. The van der Waals surface area contributed by atoms with Crippen LogP contribution < -0.4 is 9.64 Å². The fourth-order valence-electron chi connectivity index (χ4n) is 3.74. The van der Waals surface area contributed by atoms with Gasteiger partial charge in [0.05, 0.1) is 18.7 Å². The average molecular weight is 417 g/mol. The van der Waals surface area contributed by atoms with E-state index in [1.807, 2.05) is 6.07 Å². The van der Waals surface area contributed by atoms with Crippen LogP contribution in [-0.4, -0.2) is 23.9 Å².